The summed E-state index contributed by atoms with van der Waals surface area (Å²) in [6, 6.07) is 60.4. The molecule has 7 aromatic carbocycles. The SMILES string of the molecule is C1=C(c2ccccc2)NC(c2ccc(-n3c4ccccc4c4ccc5c(c43)Oc3ccccc3-c3ccccc3-5)cc2)NC1c1ccccc1. The van der Waals surface area contributed by atoms with Gasteiger partial charge in [-0.1, -0.05) is 140 Å². The van der Waals surface area contributed by atoms with Gasteiger partial charge in [0.05, 0.1) is 17.1 Å². The zero-order valence-corrected chi connectivity index (χ0v) is 27.3. The molecule has 2 aliphatic rings. The lowest BCUT2D eigenvalue weighted by molar-refractivity contribution is 0.442. The average molecular weight is 644 g/mol. The molecule has 238 valence electrons. The fourth-order valence-electron chi connectivity index (χ4n) is 7.74. The lowest BCUT2D eigenvalue weighted by atomic mass is 9.94. The first kappa shape index (κ1) is 28.6. The number of hydrogen-bond acceptors (Lipinski definition) is 3. The highest BCUT2D eigenvalue weighted by Gasteiger charge is 2.27. The maximum atomic E-state index is 6.97. The first-order valence-corrected chi connectivity index (χ1v) is 17.2. The lowest BCUT2D eigenvalue weighted by Crippen LogP contribution is -2.39. The van der Waals surface area contributed by atoms with Gasteiger partial charge >= 0.3 is 0 Å². The Morgan fingerprint density at radius 1 is 0.500 bits per heavy atom. The van der Waals surface area contributed by atoms with Crippen molar-refractivity contribution in [3.05, 3.63) is 193 Å². The van der Waals surface area contributed by atoms with Crippen LogP contribution in [0.2, 0.25) is 0 Å². The van der Waals surface area contributed by atoms with Crippen LogP contribution >= 0.6 is 0 Å². The number of benzene rings is 7. The average Bonchev–Trinajstić information content (AvgIpc) is 3.46. The molecule has 0 bridgehead atoms. The molecule has 0 spiro atoms. The van der Waals surface area contributed by atoms with Crippen LogP contribution in [0.4, 0.5) is 0 Å². The van der Waals surface area contributed by atoms with Gasteiger partial charge in [-0.05, 0) is 64.2 Å². The summed E-state index contributed by atoms with van der Waals surface area (Å²) in [7, 11) is 0. The predicted octanol–water partition coefficient (Wildman–Crippen LogP) is 11.2. The van der Waals surface area contributed by atoms with Crippen molar-refractivity contribution in [3.63, 3.8) is 0 Å². The topological polar surface area (TPSA) is 38.2 Å². The van der Waals surface area contributed by atoms with Crippen LogP contribution in [0.3, 0.4) is 0 Å². The number of para-hydroxylation sites is 2. The van der Waals surface area contributed by atoms with E-state index in [1.165, 1.54) is 33.0 Å². The molecule has 2 unspecified atom stereocenters. The standard InChI is InChI=1S/C46H33N3O/c1-3-13-30(14-4-1)40-29-41(31-15-5-2-6-16-31)48-46(47-40)32-23-25-33(26-24-32)49-42-21-11-9-19-36(42)38-27-28-39-35-18-8-7-17-34(35)37-20-10-12-22-43(37)50-45(39)44(38)49/h1-29,40,46-48H. The van der Waals surface area contributed by atoms with E-state index in [4.69, 9.17) is 4.74 Å². The van der Waals surface area contributed by atoms with Gasteiger partial charge in [0.1, 0.15) is 11.9 Å². The molecule has 4 nitrogen and oxygen atoms in total. The van der Waals surface area contributed by atoms with E-state index in [9.17, 15) is 0 Å². The van der Waals surface area contributed by atoms with Crippen molar-refractivity contribution in [2.45, 2.75) is 12.2 Å². The zero-order valence-electron chi connectivity index (χ0n) is 27.3. The van der Waals surface area contributed by atoms with E-state index < -0.39 is 0 Å². The Labute approximate surface area is 290 Å². The van der Waals surface area contributed by atoms with Crippen molar-refractivity contribution in [3.8, 4) is 39.4 Å². The van der Waals surface area contributed by atoms with Crippen LogP contribution in [0.15, 0.2) is 176 Å². The molecule has 2 aliphatic heterocycles. The van der Waals surface area contributed by atoms with Gasteiger partial charge < -0.3 is 14.6 Å². The normalized spacial score (nSPS) is 16.4. The van der Waals surface area contributed by atoms with Crippen molar-refractivity contribution in [1.82, 2.24) is 15.2 Å². The monoisotopic (exact) mass is 643 g/mol. The fraction of sp³-hybridized carbons (Fsp3) is 0.0435. The third-order valence-corrected chi connectivity index (χ3v) is 10.1. The summed E-state index contributed by atoms with van der Waals surface area (Å²) in [6.45, 7) is 0. The lowest BCUT2D eigenvalue weighted by Gasteiger charge is -2.33. The van der Waals surface area contributed by atoms with E-state index in [0.29, 0.717) is 0 Å². The molecule has 0 saturated heterocycles. The van der Waals surface area contributed by atoms with E-state index in [0.717, 1.165) is 50.6 Å². The molecule has 2 atom stereocenters. The molecule has 0 saturated carbocycles. The third-order valence-electron chi connectivity index (χ3n) is 10.1. The smallest absolute Gasteiger partial charge is 0.159 e. The maximum Gasteiger partial charge on any atom is 0.159 e. The van der Waals surface area contributed by atoms with E-state index >= 15 is 0 Å². The van der Waals surface area contributed by atoms with E-state index in [2.05, 4.69) is 191 Å². The van der Waals surface area contributed by atoms with Crippen molar-refractivity contribution >= 4 is 27.5 Å². The Morgan fingerprint density at radius 3 is 1.96 bits per heavy atom. The van der Waals surface area contributed by atoms with Crippen LogP contribution in [0.25, 0.3) is 55.4 Å². The summed E-state index contributed by atoms with van der Waals surface area (Å²) >= 11 is 0. The second-order valence-corrected chi connectivity index (χ2v) is 13.0. The molecule has 2 N–H and O–H groups in total. The van der Waals surface area contributed by atoms with Crippen LogP contribution in [0.5, 0.6) is 11.5 Å². The van der Waals surface area contributed by atoms with Gasteiger partial charge in [-0.2, -0.15) is 0 Å². The summed E-state index contributed by atoms with van der Waals surface area (Å²) in [5.41, 5.74) is 12.5. The molecule has 0 amide bonds. The first-order valence-electron chi connectivity index (χ1n) is 17.2. The molecule has 1 aromatic heterocycles. The molecule has 0 aliphatic carbocycles. The highest BCUT2D eigenvalue weighted by atomic mass is 16.5. The van der Waals surface area contributed by atoms with Gasteiger partial charge in [0.25, 0.3) is 0 Å². The predicted molar refractivity (Wildman–Crippen MR) is 204 cm³/mol. The highest BCUT2D eigenvalue weighted by Crippen LogP contribution is 2.51. The Hall–Kier alpha value is -6.36. The molecule has 50 heavy (non-hydrogen) atoms. The minimum absolute atomic E-state index is 0.0630. The molecule has 3 heterocycles. The number of ether oxygens (including phenoxy) is 1. The molecular formula is C46H33N3O. The van der Waals surface area contributed by atoms with Gasteiger partial charge in [0.15, 0.2) is 5.75 Å². The van der Waals surface area contributed by atoms with Crippen LogP contribution in [-0.2, 0) is 0 Å². The minimum atomic E-state index is -0.0831. The van der Waals surface area contributed by atoms with E-state index in [1.54, 1.807) is 0 Å². The van der Waals surface area contributed by atoms with Gasteiger partial charge in [-0.3, -0.25) is 5.32 Å². The Balaban J connectivity index is 1.11. The minimum Gasteiger partial charge on any atom is -0.454 e. The second-order valence-electron chi connectivity index (χ2n) is 13.0. The summed E-state index contributed by atoms with van der Waals surface area (Å²) in [5, 5.41) is 10.0. The van der Waals surface area contributed by atoms with Crippen molar-refractivity contribution in [1.29, 1.82) is 0 Å². The molecule has 0 fully saturated rings. The number of rotatable bonds is 4. The zero-order chi connectivity index (χ0) is 33.0. The van der Waals surface area contributed by atoms with E-state index in [-0.39, 0.29) is 12.2 Å². The van der Waals surface area contributed by atoms with Gasteiger partial charge in [-0.25, -0.2) is 0 Å². The van der Waals surface area contributed by atoms with Crippen LogP contribution in [-0.4, -0.2) is 4.57 Å². The van der Waals surface area contributed by atoms with E-state index in [1.807, 2.05) is 0 Å². The molecule has 10 rings (SSSR count). The Kier molecular flexibility index (Phi) is 6.68. The number of aromatic nitrogens is 1. The maximum absolute atomic E-state index is 6.97. The van der Waals surface area contributed by atoms with Crippen LogP contribution in [0.1, 0.15) is 28.9 Å². The fourth-order valence-corrected chi connectivity index (χ4v) is 7.74. The highest BCUT2D eigenvalue weighted by molar-refractivity contribution is 6.14. The van der Waals surface area contributed by atoms with Crippen molar-refractivity contribution in [2.24, 2.45) is 0 Å². The number of hydrogen-bond donors (Lipinski definition) is 2. The van der Waals surface area contributed by atoms with Crippen molar-refractivity contribution in [2.75, 3.05) is 0 Å². The summed E-state index contributed by atoms with van der Waals surface area (Å²) in [6.07, 6.45) is 2.20. The number of nitrogens with zero attached hydrogens (tertiary/aromatic N) is 1. The van der Waals surface area contributed by atoms with Gasteiger partial charge in [0, 0.05) is 33.3 Å². The number of fused-ring (bicyclic) bond motifs is 9. The molecule has 4 heteroatoms. The quantitative estimate of drug-likeness (QED) is 0.200. The Morgan fingerprint density at radius 2 is 1.16 bits per heavy atom. The Bertz CT molecular complexity index is 2570. The summed E-state index contributed by atoms with van der Waals surface area (Å²) < 4.78 is 9.34. The summed E-state index contributed by atoms with van der Waals surface area (Å²) in [5.74, 6) is 1.74. The van der Waals surface area contributed by atoms with Crippen molar-refractivity contribution < 1.29 is 4.74 Å². The molecule has 0 radical (unpaired) electrons. The van der Waals surface area contributed by atoms with Gasteiger partial charge in [0.2, 0.25) is 0 Å². The van der Waals surface area contributed by atoms with Crippen LogP contribution in [0, 0.1) is 0 Å². The number of nitrogens with one attached hydrogen (secondary N) is 2. The third kappa shape index (κ3) is 4.65. The summed E-state index contributed by atoms with van der Waals surface area (Å²) in [4.78, 5) is 0. The van der Waals surface area contributed by atoms with Crippen LogP contribution < -0.4 is 15.4 Å². The second kappa shape index (κ2) is 11.7. The largest absolute Gasteiger partial charge is 0.454 e. The molecular weight excluding hydrogens is 611 g/mol. The first-order chi connectivity index (χ1) is 24.8. The van der Waals surface area contributed by atoms with Gasteiger partial charge in [-0.15, -0.1) is 0 Å². The molecule has 8 aromatic rings.